The molecule has 3 aromatic rings. The number of carbonyl (C=O) groups is 1. The standard InChI is InChI=1S/C20H19F3N6O2/c1-11-26-19(31-29-11)13-6-3-2-5-12(13)18(30)28-15-8-4-7-14(15)27-17-10-24-16(9-25-17)20(21,22)23/h2-3,5-6,9-10,14-15H,4,7-8H2,1H3,(H,25,27)(H,28,30)/t14-,15-/m0/s1. The van der Waals surface area contributed by atoms with Crippen molar-refractivity contribution < 1.29 is 22.5 Å². The van der Waals surface area contributed by atoms with Gasteiger partial charge in [0.25, 0.3) is 11.8 Å². The Kier molecular flexibility index (Phi) is 5.57. The van der Waals surface area contributed by atoms with Gasteiger partial charge in [-0.25, -0.2) is 9.97 Å². The van der Waals surface area contributed by atoms with E-state index < -0.39 is 11.9 Å². The Balaban J connectivity index is 1.46. The Bertz CT molecular complexity index is 1070. The summed E-state index contributed by atoms with van der Waals surface area (Å²) in [6, 6.07) is 6.49. The zero-order chi connectivity index (χ0) is 22.0. The van der Waals surface area contributed by atoms with Gasteiger partial charge in [-0.2, -0.15) is 18.2 Å². The number of rotatable bonds is 5. The minimum Gasteiger partial charge on any atom is -0.364 e. The van der Waals surface area contributed by atoms with Crippen LogP contribution >= 0.6 is 0 Å². The van der Waals surface area contributed by atoms with Gasteiger partial charge in [0.05, 0.1) is 23.5 Å². The number of hydrogen-bond acceptors (Lipinski definition) is 7. The second-order valence-corrected chi connectivity index (χ2v) is 7.24. The topological polar surface area (TPSA) is 106 Å². The van der Waals surface area contributed by atoms with Crippen molar-refractivity contribution in [3.8, 4) is 11.5 Å². The predicted octanol–water partition coefficient (Wildman–Crippen LogP) is 3.62. The molecule has 1 saturated carbocycles. The molecule has 162 valence electrons. The normalized spacial score (nSPS) is 18.7. The van der Waals surface area contributed by atoms with E-state index in [9.17, 15) is 18.0 Å². The Morgan fingerprint density at radius 1 is 1.13 bits per heavy atom. The lowest BCUT2D eigenvalue weighted by atomic mass is 10.1. The molecule has 2 heterocycles. The first kappa shape index (κ1) is 20.8. The van der Waals surface area contributed by atoms with Crippen molar-refractivity contribution in [2.24, 2.45) is 0 Å². The molecule has 1 amide bonds. The number of aryl methyl sites for hydroxylation is 1. The third-order valence-corrected chi connectivity index (χ3v) is 5.04. The van der Waals surface area contributed by atoms with E-state index in [1.165, 1.54) is 0 Å². The highest BCUT2D eigenvalue weighted by Crippen LogP contribution is 2.28. The summed E-state index contributed by atoms with van der Waals surface area (Å²) in [6.07, 6.45) is -0.501. The lowest BCUT2D eigenvalue weighted by molar-refractivity contribution is -0.141. The number of benzene rings is 1. The van der Waals surface area contributed by atoms with Crippen molar-refractivity contribution in [3.63, 3.8) is 0 Å². The highest BCUT2D eigenvalue weighted by atomic mass is 19.4. The van der Waals surface area contributed by atoms with Gasteiger partial charge in [0, 0.05) is 12.1 Å². The minimum atomic E-state index is -4.54. The number of nitrogens with one attached hydrogen (secondary N) is 2. The lowest BCUT2D eigenvalue weighted by Gasteiger charge is -2.23. The van der Waals surface area contributed by atoms with Crippen LogP contribution in [0.2, 0.25) is 0 Å². The smallest absolute Gasteiger partial charge is 0.364 e. The number of carbonyl (C=O) groups excluding carboxylic acids is 1. The number of anilines is 1. The van der Waals surface area contributed by atoms with Gasteiger partial charge < -0.3 is 15.2 Å². The van der Waals surface area contributed by atoms with Crippen LogP contribution in [0.25, 0.3) is 11.5 Å². The maximum absolute atomic E-state index is 13.0. The van der Waals surface area contributed by atoms with Crippen LogP contribution in [0, 0.1) is 6.92 Å². The molecule has 11 heteroatoms. The van der Waals surface area contributed by atoms with E-state index in [0.29, 0.717) is 23.1 Å². The molecule has 0 saturated heterocycles. The van der Waals surface area contributed by atoms with Crippen molar-refractivity contribution in [2.45, 2.75) is 44.4 Å². The number of halogens is 3. The summed E-state index contributed by atoms with van der Waals surface area (Å²) >= 11 is 0. The van der Waals surface area contributed by atoms with E-state index in [2.05, 4.69) is 30.7 Å². The lowest BCUT2D eigenvalue weighted by Crippen LogP contribution is -2.43. The van der Waals surface area contributed by atoms with Crippen LogP contribution in [0.4, 0.5) is 19.0 Å². The molecule has 1 fully saturated rings. The molecule has 0 aliphatic heterocycles. The highest BCUT2D eigenvalue weighted by Gasteiger charge is 2.33. The average molecular weight is 432 g/mol. The van der Waals surface area contributed by atoms with Crippen molar-refractivity contribution in [1.82, 2.24) is 25.4 Å². The Morgan fingerprint density at radius 3 is 2.58 bits per heavy atom. The molecule has 8 nitrogen and oxygen atoms in total. The van der Waals surface area contributed by atoms with Crippen molar-refractivity contribution in [2.75, 3.05) is 5.32 Å². The molecule has 1 aliphatic carbocycles. The molecule has 2 atom stereocenters. The van der Waals surface area contributed by atoms with Gasteiger partial charge in [-0.3, -0.25) is 4.79 Å². The first-order valence-electron chi connectivity index (χ1n) is 9.67. The summed E-state index contributed by atoms with van der Waals surface area (Å²) in [7, 11) is 0. The number of amides is 1. The first-order chi connectivity index (χ1) is 14.8. The van der Waals surface area contributed by atoms with Crippen molar-refractivity contribution in [3.05, 3.63) is 53.7 Å². The number of hydrogen-bond donors (Lipinski definition) is 2. The molecule has 1 aliphatic rings. The summed E-state index contributed by atoms with van der Waals surface area (Å²) in [5.41, 5.74) is -0.134. The van der Waals surface area contributed by atoms with Crippen LogP contribution in [0.3, 0.4) is 0 Å². The monoisotopic (exact) mass is 432 g/mol. The van der Waals surface area contributed by atoms with Gasteiger partial charge >= 0.3 is 6.18 Å². The number of nitrogens with zero attached hydrogens (tertiary/aromatic N) is 4. The average Bonchev–Trinajstić information content (AvgIpc) is 3.36. The number of aromatic nitrogens is 4. The molecule has 0 radical (unpaired) electrons. The summed E-state index contributed by atoms with van der Waals surface area (Å²) < 4.78 is 43.2. The molecule has 0 spiro atoms. The molecule has 1 aromatic carbocycles. The molecule has 31 heavy (non-hydrogen) atoms. The van der Waals surface area contributed by atoms with Gasteiger partial charge in [-0.05, 0) is 38.3 Å². The van der Waals surface area contributed by atoms with Gasteiger partial charge in [-0.1, -0.05) is 17.3 Å². The molecular formula is C20H19F3N6O2. The maximum atomic E-state index is 13.0. The summed E-state index contributed by atoms with van der Waals surface area (Å²) in [5, 5.41) is 9.84. The predicted molar refractivity (Wildman–Crippen MR) is 104 cm³/mol. The quantitative estimate of drug-likeness (QED) is 0.634. The third kappa shape index (κ3) is 4.65. The molecular weight excluding hydrogens is 413 g/mol. The van der Waals surface area contributed by atoms with Gasteiger partial charge in [0.1, 0.15) is 5.82 Å². The summed E-state index contributed by atoms with van der Waals surface area (Å²) in [4.78, 5) is 24.4. The van der Waals surface area contributed by atoms with E-state index in [4.69, 9.17) is 4.52 Å². The molecule has 2 aromatic heterocycles. The summed E-state index contributed by atoms with van der Waals surface area (Å²) in [6.45, 7) is 1.69. The van der Waals surface area contributed by atoms with Crippen LogP contribution < -0.4 is 10.6 Å². The fraction of sp³-hybridized carbons (Fsp3) is 0.350. The third-order valence-electron chi connectivity index (χ3n) is 5.04. The first-order valence-corrected chi connectivity index (χ1v) is 9.67. The zero-order valence-corrected chi connectivity index (χ0v) is 16.5. The second-order valence-electron chi connectivity index (χ2n) is 7.24. The SMILES string of the molecule is Cc1noc(-c2ccccc2C(=O)N[C@H]2CCC[C@@H]2Nc2cnc(C(F)(F)F)cn2)n1. The second kappa shape index (κ2) is 8.32. The van der Waals surface area contributed by atoms with E-state index in [1.807, 2.05) is 0 Å². The molecule has 2 N–H and O–H groups in total. The van der Waals surface area contributed by atoms with Crippen molar-refractivity contribution >= 4 is 11.7 Å². The largest absolute Gasteiger partial charge is 0.434 e. The van der Waals surface area contributed by atoms with E-state index in [0.717, 1.165) is 25.5 Å². The van der Waals surface area contributed by atoms with E-state index in [-0.39, 0.29) is 29.7 Å². The van der Waals surface area contributed by atoms with Crippen LogP contribution in [0.15, 0.2) is 41.2 Å². The molecule has 0 bridgehead atoms. The van der Waals surface area contributed by atoms with Gasteiger partial charge in [-0.15, -0.1) is 0 Å². The van der Waals surface area contributed by atoms with E-state index in [1.54, 1.807) is 31.2 Å². The van der Waals surface area contributed by atoms with Crippen molar-refractivity contribution in [1.29, 1.82) is 0 Å². The van der Waals surface area contributed by atoms with Gasteiger partial charge in [0.2, 0.25) is 0 Å². The number of alkyl halides is 3. The van der Waals surface area contributed by atoms with Crippen LogP contribution in [0.1, 0.15) is 41.1 Å². The Morgan fingerprint density at radius 2 is 1.90 bits per heavy atom. The van der Waals surface area contributed by atoms with E-state index >= 15 is 0 Å². The van der Waals surface area contributed by atoms with Gasteiger partial charge in [0.15, 0.2) is 11.5 Å². The molecule has 4 rings (SSSR count). The Labute approximate surface area is 175 Å². The maximum Gasteiger partial charge on any atom is 0.434 e. The Hall–Kier alpha value is -3.50. The van der Waals surface area contributed by atoms with Crippen LogP contribution in [-0.2, 0) is 6.18 Å². The highest BCUT2D eigenvalue weighted by molar-refractivity contribution is 6.00. The minimum absolute atomic E-state index is 0.187. The molecule has 0 unspecified atom stereocenters. The summed E-state index contributed by atoms with van der Waals surface area (Å²) in [5.74, 6) is 0.636. The van der Waals surface area contributed by atoms with Crippen LogP contribution in [-0.4, -0.2) is 38.1 Å². The fourth-order valence-electron chi connectivity index (χ4n) is 3.56. The van der Waals surface area contributed by atoms with Crippen LogP contribution in [0.5, 0.6) is 0 Å². The fourth-order valence-corrected chi connectivity index (χ4v) is 3.56. The zero-order valence-electron chi connectivity index (χ0n) is 16.5.